The monoisotopic (exact) mass is 333 g/mol. The first-order valence-electron chi connectivity index (χ1n) is 8.62. The third-order valence-corrected chi connectivity index (χ3v) is 4.70. The molecule has 1 aliphatic rings. The average molecular weight is 333 g/mol. The van der Waals surface area contributed by atoms with E-state index >= 15 is 0 Å². The van der Waals surface area contributed by atoms with Gasteiger partial charge in [0.1, 0.15) is 16.9 Å². The summed E-state index contributed by atoms with van der Waals surface area (Å²) in [5.74, 6) is 2.30. The highest BCUT2D eigenvalue weighted by Gasteiger charge is 2.22. The number of anilines is 2. The predicted octanol–water partition coefficient (Wildman–Crippen LogP) is 4.34. The highest BCUT2D eigenvalue weighted by atomic mass is 16.3. The Bertz CT molecular complexity index is 1090. The fourth-order valence-corrected chi connectivity index (χ4v) is 3.27. The van der Waals surface area contributed by atoms with Crippen LogP contribution in [0.3, 0.4) is 0 Å². The number of aromatic nitrogens is 4. The molecular formula is C19H19N5O. The first kappa shape index (κ1) is 14.5. The van der Waals surface area contributed by atoms with Crippen LogP contribution < -0.4 is 5.32 Å². The van der Waals surface area contributed by atoms with Gasteiger partial charge in [0.15, 0.2) is 11.5 Å². The second-order valence-corrected chi connectivity index (χ2v) is 6.84. The Morgan fingerprint density at radius 3 is 2.92 bits per heavy atom. The Balaban J connectivity index is 1.52. The maximum atomic E-state index is 5.61. The molecule has 1 fully saturated rings. The standard InChI is InChI=1S/C19H19N5O/c1-11-19-16(24(10-20-19)9-13-3-4-13)8-18(21-11)23-14-5-6-15-17(7-14)25-12(2)22-15/h5-8,10,13H,3-4,9H2,1-2H3,(H,21,23). The molecule has 0 atom stereocenters. The van der Waals surface area contributed by atoms with Crippen LogP contribution in [0.2, 0.25) is 0 Å². The van der Waals surface area contributed by atoms with E-state index < -0.39 is 0 Å². The van der Waals surface area contributed by atoms with Crippen LogP contribution >= 0.6 is 0 Å². The minimum Gasteiger partial charge on any atom is -0.441 e. The van der Waals surface area contributed by atoms with Gasteiger partial charge in [-0.05, 0) is 37.8 Å². The number of oxazole rings is 1. The van der Waals surface area contributed by atoms with Crippen molar-refractivity contribution in [1.82, 2.24) is 19.5 Å². The maximum Gasteiger partial charge on any atom is 0.192 e. The molecule has 6 heteroatoms. The van der Waals surface area contributed by atoms with Crippen LogP contribution in [0.4, 0.5) is 11.5 Å². The number of nitrogens with one attached hydrogen (secondary N) is 1. The third-order valence-electron chi connectivity index (χ3n) is 4.70. The summed E-state index contributed by atoms with van der Waals surface area (Å²) >= 11 is 0. The molecule has 4 aromatic rings. The number of aryl methyl sites for hydroxylation is 2. The van der Waals surface area contributed by atoms with Gasteiger partial charge in [-0.1, -0.05) is 0 Å². The lowest BCUT2D eigenvalue weighted by Crippen LogP contribution is -2.00. The van der Waals surface area contributed by atoms with E-state index in [1.54, 1.807) is 0 Å². The summed E-state index contributed by atoms with van der Waals surface area (Å²) < 4.78 is 7.86. The predicted molar refractivity (Wildman–Crippen MR) is 97.0 cm³/mol. The maximum absolute atomic E-state index is 5.61. The summed E-state index contributed by atoms with van der Waals surface area (Å²) in [6, 6.07) is 7.98. The molecule has 0 radical (unpaired) electrons. The van der Waals surface area contributed by atoms with Gasteiger partial charge >= 0.3 is 0 Å². The fraction of sp³-hybridized carbons (Fsp3) is 0.316. The number of benzene rings is 1. The number of pyridine rings is 1. The van der Waals surface area contributed by atoms with Crippen molar-refractivity contribution in [3.63, 3.8) is 0 Å². The summed E-state index contributed by atoms with van der Waals surface area (Å²) in [5, 5.41) is 3.38. The van der Waals surface area contributed by atoms with Crippen LogP contribution in [-0.4, -0.2) is 19.5 Å². The van der Waals surface area contributed by atoms with Crippen molar-refractivity contribution in [3.8, 4) is 0 Å². The molecule has 0 aliphatic heterocycles. The largest absolute Gasteiger partial charge is 0.441 e. The number of hydrogen-bond acceptors (Lipinski definition) is 5. The molecule has 1 N–H and O–H groups in total. The average Bonchev–Trinajstić information content (AvgIpc) is 3.18. The Kier molecular flexibility index (Phi) is 3.07. The molecule has 5 rings (SSSR count). The van der Waals surface area contributed by atoms with Gasteiger partial charge in [-0.3, -0.25) is 0 Å². The van der Waals surface area contributed by atoms with Crippen LogP contribution in [0.1, 0.15) is 24.4 Å². The Morgan fingerprint density at radius 1 is 1.20 bits per heavy atom. The van der Waals surface area contributed by atoms with Crippen LogP contribution in [0.15, 0.2) is 35.0 Å². The van der Waals surface area contributed by atoms with Gasteiger partial charge in [-0.25, -0.2) is 15.0 Å². The molecule has 3 heterocycles. The molecule has 0 saturated heterocycles. The zero-order chi connectivity index (χ0) is 17.0. The van der Waals surface area contributed by atoms with E-state index in [1.807, 2.05) is 38.4 Å². The van der Waals surface area contributed by atoms with Gasteiger partial charge in [0.05, 0.1) is 17.5 Å². The molecule has 0 amide bonds. The minimum absolute atomic E-state index is 0.673. The van der Waals surface area contributed by atoms with Crippen molar-refractivity contribution in [2.45, 2.75) is 33.2 Å². The molecule has 3 aromatic heterocycles. The van der Waals surface area contributed by atoms with Gasteiger partial charge in [-0.15, -0.1) is 0 Å². The number of fused-ring (bicyclic) bond motifs is 2. The van der Waals surface area contributed by atoms with Crippen LogP contribution in [0, 0.1) is 19.8 Å². The molecule has 6 nitrogen and oxygen atoms in total. The van der Waals surface area contributed by atoms with Gasteiger partial charge < -0.3 is 14.3 Å². The van der Waals surface area contributed by atoms with Gasteiger partial charge in [0.25, 0.3) is 0 Å². The second kappa shape index (κ2) is 5.31. The van der Waals surface area contributed by atoms with Crippen molar-refractivity contribution in [1.29, 1.82) is 0 Å². The summed E-state index contributed by atoms with van der Waals surface area (Å²) in [5.41, 5.74) is 5.63. The summed E-state index contributed by atoms with van der Waals surface area (Å²) in [7, 11) is 0. The van der Waals surface area contributed by atoms with Crippen molar-refractivity contribution >= 4 is 33.6 Å². The highest BCUT2D eigenvalue weighted by Crippen LogP contribution is 2.32. The molecule has 0 bridgehead atoms. The third kappa shape index (κ3) is 2.63. The first-order chi connectivity index (χ1) is 12.2. The molecular weight excluding hydrogens is 314 g/mol. The molecule has 1 aliphatic carbocycles. The van der Waals surface area contributed by atoms with E-state index in [9.17, 15) is 0 Å². The topological polar surface area (TPSA) is 68.8 Å². The first-order valence-corrected chi connectivity index (χ1v) is 8.62. The zero-order valence-corrected chi connectivity index (χ0v) is 14.3. The van der Waals surface area contributed by atoms with Crippen LogP contribution in [0.25, 0.3) is 22.1 Å². The lowest BCUT2D eigenvalue weighted by atomic mass is 10.2. The lowest BCUT2D eigenvalue weighted by Gasteiger charge is -2.09. The normalized spacial score (nSPS) is 14.5. The zero-order valence-electron chi connectivity index (χ0n) is 14.3. The Morgan fingerprint density at radius 2 is 2.08 bits per heavy atom. The quantitative estimate of drug-likeness (QED) is 0.601. The summed E-state index contributed by atoms with van der Waals surface area (Å²) in [6.07, 6.45) is 4.59. The van der Waals surface area contributed by atoms with Gasteiger partial charge in [0, 0.05) is 31.3 Å². The van der Waals surface area contributed by atoms with Gasteiger partial charge in [0.2, 0.25) is 0 Å². The van der Waals surface area contributed by atoms with E-state index in [2.05, 4.69) is 30.9 Å². The molecule has 0 spiro atoms. The number of nitrogens with zero attached hydrogens (tertiary/aromatic N) is 4. The smallest absolute Gasteiger partial charge is 0.192 e. The SMILES string of the molecule is Cc1nc2ccc(Nc3cc4c(ncn4CC4CC4)c(C)n3)cc2o1. The molecule has 25 heavy (non-hydrogen) atoms. The lowest BCUT2D eigenvalue weighted by molar-refractivity contribution is 0.561. The number of rotatable bonds is 4. The highest BCUT2D eigenvalue weighted by molar-refractivity contribution is 5.83. The van der Waals surface area contributed by atoms with Gasteiger partial charge in [-0.2, -0.15) is 0 Å². The Hall–Kier alpha value is -2.89. The second-order valence-electron chi connectivity index (χ2n) is 6.84. The van der Waals surface area contributed by atoms with E-state index in [0.29, 0.717) is 5.89 Å². The van der Waals surface area contributed by atoms with E-state index in [-0.39, 0.29) is 0 Å². The molecule has 1 saturated carbocycles. The van der Waals surface area contributed by atoms with Crippen molar-refractivity contribution < 1.29 is 4.42 Å². The Labute approximate surface area is 144 Å². The van der Waals surface area contributed by atoms with E-state index in [0.717, 1.165) is 51.8 Å². The van der Waals surface area contributed by atoms with Crippen molar-refractivity contribution in [2.75, 3.05) is 5.32 Å². The summed E-state index contributed by atoms with van der Waals surface area (Å²) in [6.45, 7) is 4.90. The molecule has 1 aromatic carbocycles. The number of imidazole rings is 1. The van der Waals surface area contributed by atoms with E-state index in [4.69, 9.17) is 4.42 Å². The van der Waals surface area contributed by atoms with Crippen molar-refractivity contribution in [3.05, 3.63) is 42.2 Å². The van der Waals surface area contributed by atoms with Crippen molar-refractivity contribution in [2.24, 2.45) is 5.92 Å². The fourth-order valence-electron chi connectivity index (χ4n) is 3.27. The van der Waals surface area contributed by atoms with E-state index in [1.165, 1.54) is 12.8 Å². The minimum atomic E-state index is 0.673. The van der Waals surface area contributed by atoms with Crippen LogP contribution in [0.5, 0.6) is 0 Å². The number of hydrogen-bond donors (Lipinski definition) is 1. The molecule has 126 valence electrons. The summed E-state index contributed by atoms with van der Waals surface area (Å²) in [4.78, 5) is 13.5. The van der Waals surface area contributed by atoms with Crippen LogP contribution in [-0.2, 0) is 6.54 Å². The molecule has 0 unspecified atom stereocenters.